The van der Waals surface area contributed by atoms with Gasteiger partial charge in [-0.25, -0.2) is 0 Å². The summed E-state index contributed by atoms with van der Waals surface area (Å²) in [7, 11) is 0. The van der Waals surface area contributed by atoms with Gasteiger partial charge in [0.1, 0.15) is 0 Å². The molecule has 0 saturated heterocycles. The molecule has 0 nitrogen and oxygen atoms in total. The van der Waals surface area contributed by atoms with Crippen molar-refractivity contribution < 1.29 is 0 Å². The van der Waals surface area contributed by atoms with Gasteiger partial charge in [0.15, 0.2) is 0 Å². The highest BCUT2D eigenvalue weighted by molar-refractivity contribution is 7.99. The zero-order valence-corrected chi connectivity index (χ0v) is 8.82. The van der Waals surface area contributed by atoms with Crippen LogP contribution >= 0.6 is 11.8 Å². The molecule has 0 unspecified atom stereocenters. The van der Waals surface area contributed by atoms with E-state index in [1.165, 1.54) is 5.56 Å². The van der Waals surface area contributed by atoms with Crippen molar-refractivity contribution in [1.29, 1.82) is 0 Å². The fourth-order valence-corrected chi connectivity index (χ4v) is 1.67. The van der Waals surface area contributed by atoms with E-state index in [1.807, 2.05) is 11.8 Å². The molecule has 0 saturated carbocycles. The van der Waals surface area contributed by atoms with Crippen LogP contribution in [0.15, 0.2) is 30.3 Å². The van der Waals surface area contributed by atoms with Crippen LogP contribution in [0.5, 0.6) is 0 Å². The minimum atomic E-state index is 0.371. The van der Waals surface area contributed by atoms with Crippen LogP contribution < -0.4 is 0 Å². The maximum absolute atomic E-state index is 2.25. The molecular weight excluding hydrogens is 164 g/mol. The highest BCUT2D eigenvalue weighted by Crippen LogP contribution is 2.26. The second kappa shape index (κ2) is 3.99. The van der Waals surface area contributed by atoms with Crippen LogP contribution in [-0.4, -0.2) is 4.75 Å². The van der Waals surface area contributed by atoms with Crippen molar-refractivity contribution in [3.8, 4) is 0 Å². The first-order valence-electron chi connectivity index (χ1n) is 4.26. The van der Waals surface area contributed by atoms with Crippen molar-refractivity contribution in [3.63, 3.8) is 0 Å². The van der Waals surface area contributed by atoms with E-state index < -0.39 is 0 Å². The lowest BCUT2D eigenvalue weighted by atomic mass is 10.2. The fraction of sp³-hybridized carbons (Fsp3) is 0.455. The molecule has 0 aliphatic rings. The number of rotatable bonds is 2. The number of benzene rings is 1. The van der Waals surface area contributed by atoms with E-state index >= 15 is 0 Å². The van der Waals surface area contributed by atoms with Crippen molar-refractivity contribution >= 4 is 11.8 Å². The standard InChI is InChI=1S/C11H16S/c1-11(2,3)12-9-10-7-5-4-6-8-10/h4-8H,9H2,1-3H3. The van der Waals surface area contributed by atoms with Gasteiger partial charge in [0.05, 0.1) is 0 Å². The minimum Gasteiger partial charge on any atom is -0.151 e. The van der Waals surface area contributed by atoms with E-state index in [2.05, 4.69) is 51.1 Å². The lowest BCUT2D eigenvalue weighted by molar-refractivity contribution is 0.802. The Morgan fingerprint density at radius 1 is 1.08 bits per heavy atom. The Kier molecular flexibility index (Phi) is 3.21. The second-order valence-corrected chi connectivity index (χ2v) is 5.69. The van der Waals surface area contributed by atoms with Crippen LogP contribution in [0.25, 0.3) is 0 Å². The monoisotopic (exact) mass is 180 g/mol. The highest BCUT2D eigenvalue weighted by Gasteiger charge is 2.09. The molecule has 0 aliphatic heterocycles. The van der Waals surface area contributed by atoms with E-state index in [4.69, 9.17) is 0 Å². The van der Waals surface area contributed by atoms with Gasteiger partial charge in [-0.3, -0.25) is 0 Å². The summed E-state index contributed by atoms with van der Waals surface area (Å²) in [5.41, 5.74) is 1.41. The third kappa shape index (κ3) is 3.82. The lowest BCUT2D eigenvalue weighted by Crippen LogP contribution is -2.07. The maximum Gasteiger partial charge on any atom is 0.0189 e. The number of thioether (sulfide) groups is 1. The van der Waals surface area contributed by atoms with Gasteiger partial charge < -0.3 is 0 Å². The Morgan fingerprint density at radius 3 is 2.17 bits per heavy atom. The van der Waals surface area contributed by atoms with Crippen molar-refractivity contribution in [2.24, 2.45) is 0 Å². The molecule has 0 radical (unpaired) electrons. The first-order chi connectivity index (χ1) is 5.58. The Hall–Kier alpha value is -0.430. The van der Waals surface area contributed by atoms with Gasteiger partial charge >= 0.3 is 0 Å². The van der Waals surface area contributed by atoms with Crippen LogP contribution in [0.3, 0.4) is 0 Å². The summed E-state index contributed by atoms with van der Waals surface area (Å²) in [6, 6.07) is 10.6. The molecule has 0 aliphatic carbocycles. The van der Waals surface area contributed by atoms with Crippen molar-refractivity contribution in [3.05, 3.63) is 35.9 Å². The summed E-state index contributed by atoms with van der Waals surface area (Å²) in [5, 5.41) is 0. The quantitative estimate of drug-likeness (QED) is 0.668. The highest BCUT2D eigenvalue weighted by atomic mass is 32.2. The molecule has 0 atom stereocenters. The predicted octanol–water partition coefficient (Wildman–Crippen LogP) is 3.72. The average molecular weight is 180 g/mol. The summed E-state index contributed by atoms with van der Waals surface area (Å²) in [4.78, 5) is 0. The molecule has 1 rings (SSSR count). The molecule has 0 N–H and O–H groups in total. The predicted molar refractivity (Wildman–Crippen MR) is 57.5 cm³/mol. The van der Waals surface area contributed by atoms with Gasteiger partial charge in [-0.1, -0.05) is 51.1 Å². The molecule has 1 aromatic rings. The average Bonchev–Trinajstić information content (AvgIpc) is 2.02. The summed E-state index contributed by atoms with van der Waals surface area (Å²) < 4.78 is 0.371. The van der Waals surface area contributed by atoms with Crippen LogP contribution in [0, 0.1) is 0 Å². The summed E-state index contributed by atoms with van der Waals surface area (Å²) >= 11 is 1.99. The molecule has 0 heterocycles. The second-order valence-electron chi connectivity index (χ2n) is 3.89. The van der Waals surface area contributed by atoms with Gasteiger partial charge in [0.2, 0.25) is 0 Å². The maximum atomic E-state index is 2.25. The van der Waals surface area contributed by atoms with Gasteiger partial charge in [-0.2, -0.15) is 11.8 Å². The summed E-state index contributed by atoms with van der Waals surface area (Å²) in [5.74, 6) is 1.12. The van der Waals surface area contributed by atoms with Crippen LogP contribution in [0.1, 0.15) is 26.3 Å². The molecule has 0 amide bonds. The molecule has 0 aromatic heterocycles. The Labute approximate surface area is 79.4 Å². The molecule has 66 valence electrons. The molecule has 1 heteroatoms. The Morgan fingerprint density at radius 2 is 1.67 bits per heavy atom. The third-order valence-electron chi connectivity index (χ3n) is 1.51. The normalized spacial score (nSPS) is 11.6. The van der Waals surface area contributed by atoms with Crippen LogP contribution in [-0.2, 0) is 5.75 Å². The Balaban J connectivity index is 2.44. The molecular formula is C11H16S. The third-order valence-corrected chi connectivity index (χ3v) is 2.86. The summed E-state index contributed by atoms with van der Waals surface area (Å²) in [6.45, 7) is 6.75. The van der Waals surface area contributed by atoms with Crippen molar-refractivity contribution in [2.45, 2.75) is 31.3 Å². The van der Waals surface area contributed by atoms with Crippen LogP contribution in [0.4, 0.5) is 0 Å². The van der Waals surface area contributed by atoms with Crippen molar-refractivity contribution in [1.82, 2.24) is 0 Å². The number of hydrogen-bond donors (Lipinski definition) is 0. The van der Waals surface area contributed by atoms with Gasteiger partial charge in [-0.15, -0.1) is 0 Å². The SMILES string of the molecule is CC(C)(C)SCc1ccccc1. The van der Waals surface area contributed by atoms with Gasteiger partial charge in [0, 0.05) is 10.5 Å². The largest absolute Gasteiger partial charge is 0.151 e. The minimum absolute atomic E-state index is 0.371. The molecule has 0 fully saturated rings. The smallest absolute Gasteiger partial charge is 0.0189 e. The fourth-order valence-electron chi connectivity index (χ4n) is 0.874. The Bertz CT molecular complexity index is 221. The zero-order valence-electron chi connectivity index (χ0n) is 8.00. The number of hydrogen-bond acceptors (Lipinski definition) is 1. The lowest BCUT2D eigenvalue weighted by Gasteiger charge is -2.17. The van der Waals surface area contributed by atoms with Gasteiger partial charge in [0.25, 0.3) is 0 Å². The van der Waals surface area contributed by atoms with E-state index in [1.54, 1.807) is 0 Å². The van der Waals surface area contributed by atoms with Crippen LogP contribution in [0.2, 0.25) is 0 Å². The molecule has 0 spiro atoms. The van der Waals surface area contributed by atoms with E-state index in [0.29, 0.717) is 4.75 Å². The zero-order chi connectivity index (χ0) is 9.03. The molecule has 0 bridgehead atoms. The van der Waals surface area contributed by atoms with E-state index in [-0.39, 0.29) is 0 Å². The molecule has 12 heavy (non-hydrogen) atoms. The first-order valence-corrected chi connectivity index (χ1v) is 5.24. The molecule has 1 aromatic carbocycles. The summed E-state index contributed by atoms with van der Waals surface area (Å²) in [6.07, 6.45) is 0. The van der Waals surface area contributed by atoms with Gasteiger partial charge in [-0.05, 0) is 5.56 Å². The first kappa shape index (κ1) is 9.66. The van der Waals surface area contributed by atoms with E-state index in [9.17, 15) is 0 Å². The topological polar surface area (TPSA) is 0 Å². The van der Waals surface area contributed by atoms with E-state index in [0.717, 1.165) is 5.75 Å². The van der Waals surface area contributed by atoms with Crippen molar-refractivity contribution in [2.75, 3.05) is 0 Å².